The minimum Gasteiger partial charge on any atom is -0.456 e. The van der Waals surface area contributed by atoms with Crippen LogP contribution in [0.2, 0.25) is 0 Å². The summed E-state index contributed by atoms with van der Waals surface area (Å²) in [5.41, 5.74) is 2.75. The first-order valence-electron chi connectivity index (χ1n) is 11.2. The van der Waals surface area contributed by atoms with Crippen LogP contribution in [0.3, 0.4) is 0 Å². The second-order valence-corrected chi connectivity index (χ2v) is 9.33. The van der Waals surface area contributed by atoms with Crippen LogP contribution in [0, 0.1) is 6.92 Å². The van der Waals surface area contributed by atoms with Gasteiger partial charge in [-0.15, -0.1) is 0 Å². The number of carbonyl (C=O) groups excluding carboxylic acids is 2. The van der Waals surface area contributed by atoms with Crippen molar-refractivity contribution in [1.82, 2.24) is 15.1 Å². The van der Waals surface area contributed by atoms with Crippen LogP contribution < -0.4 is 5.32 Å². The van der Waals surface area contributed by atoms with Gasteiger partial charge in [0.25, 0.3) is 5.91 Å². The Morgan fingerprint density at radius 1 is 1.16 bits per heavy atom. The molecule has 2 amide bonds. The molecule has 4 rings (SSSR count). The van der Waals surface area contributed by atoms with Gasteiger partial charge < -0.3 is 19.5 Å². The van der Waals surface area contributed by atoms with Crippen molar-refractivity contribution in [3.63, 3.8) is 0 Å². The van der Waals surface area contributed by atoms with Crippen LogP contribution in [0.25, 0.3) is 0 Å². The zero-order chi connectivity index (χ0) is 22.0. The van der Waals surface area contributed by atoms with Crippen molar-refractivity contribution in [1.29, 1.82) is 0 Å². The van der Waals surface area contributed by atoms with Crippen molar-refractivity contribution in [3.8, 4) is 0 Å². The van der Waals surface area contributed by atoms with Crippen LogP contribution in [0.15, 0.2) is 40.8 Å². The van der Waals surface area contributed by atoms with Gasteiger partial charge in [-0.3, -0.25) is 9.59 Å². The maximum Gasteiger partial charge on any atom is 0.289 e. The minimum atomic E-state index is -0.0222. The van der Waals surface area contributed by atoms with Crippen LogP contribution in [0.4, 0.5) is 0 Å². The number of rotatable bonds is 6. The molecule has 0 radical (unpaired) electrons. The molecule has 6 heteroatoms. The van der Waals surface area contributed by atoms with Crippen molar-refractivity contribution in [2.24, 2.45) is 0 Å². The second kappa shape index (κ2) is 8.87. The summed E-state index contributed by atoms with van der Waals surface area (Å²) in [7, 11) is 4.01. The highest BCUT2D eigenvalue weighted by Gasteiger charge is 2.46. The zero-order valence-corrected chi connectivity index (χ0v) is 18.8. The van der Waals surface area contributed by atoms with Gasteiger partial charge in [0.2, 0.25) is 5.91 Å². The summed E-state index contributed by atoms with van der Waals surface area (Å²) in [6, 6.07) is 12.2. The molecule has 1 saturated heterocycles. The minimum absolute atomic E-state index is 0.0222. The van der Waals surface area contributed by atoms with E-state index < -0.39 is 0 Å². The maximum atomic E-state index is 12.8. The summed E-state index contributed by atoms with van der Waals surface area (Å²) in [4.78, 5) is 29.3. The van der Waals surface area contributed by atoms with E-state index >= 15 is 0 Å². The summed E-state index contributed by atoms with van der Waals surface area (Å²) in [5, 5.41) is 3.06. The molecule has 1 aliphatic carbocycles. The normalized spacial score (nSPS) is 19.6. The smallest absolute Gasteiger partial charge is 0.289 e. The number of likely N-dealkylation sites (N-methyl/N-ethyl adjacent to an activating group) is 1. The molecule has 1 spiro atoms. The largest absolute Gasteiger partial charge is 0.456 e. The number of nitrogens with zero attached hydrogens (tertiary/aromatic N) is 2. The Morgan fingerprint density at radius 2 is 1.90 bits per heavy atom. The third-order valence-electron chi connectivity index (χ3n) is 6.88. The highest BCUT2D eigenvalue weighted by atomic mass is 16.3. The van der Waals surface area contributed by atoms with Crippen molar-refractivity contribution in [2.75, 3.05) is 40.3 Å². The van der Waals surface area contributed by atoms with Gasteiger partial charge in [-0.05, 0) is 74.9 Å². The molecule has 0 saturated carbocycles. The predicted octanol–water partition coefficient (Wildman–Crippen LogP) is 3.32. The standard InChI is InChI=1S/C25H33N3O3/c1-18-8-9-22(31-18)24(30)28-13-10-25(11-14-28)17-19(20-6-4-5-7-21(20)25)16-23(29)26-12-15-27(2)3/h4-9,19H,10-17H2,1-3H3,(H,26,29)/t19-/m1/s1. The second-order valence-electron chi connectivity index (χ2n) is 9.33. The Bertz CT molecular complexity index is 941. The van der Waals surface area contributed by atoms with Crippen LogP contribution in [0.1, 0.15) is 59.0 Å². The molecule has 166 valence electrons. The van der Waals surface area contributed by atoms with Crippen LogP contribution in [-0.4, -0.2) is 61.9 Å². The molecule has 1 aromatic carbocycles. The first-order chi connectivity index (χ1) is 14.9. The Labute approximate surface area is 184 Å². The van der Waals surface area contributed by atoms with E-state index in [1.807, 2.05) is 32.0 Å². The fraction of sp³-hybridized carbons (Fsp3) is 0.520. The molecule has 1 aromatic heterocycles. The number of fused-ring (bicyclic) bond motifs is 2. The summed E-state index contributed by atoms with van der Waals surface area (Å²) in [6.45, 7) is 4.81. The monoisotopic (exact) mass is 423 g/mol. The third kappa shape index (κ3) is 4.54. The van der Waals surface area contributed by atoms with E-state index in [4.69, 9.17) is 4.42 Å². The molecule has 1 aliphatic heterocycles. The van der Waals surface area contributed by atoms with Gasteiger partial charge in [0.05, 0.1) is 0 Å². The Balaban J connectivity index is 1.42. The van der Waals surface area contributed by atoms with Crippen molar-refractivity contribution < 1.29 is 14.0 Å². The quantitative estimate of drug-likeness (QED) is 0.774. The van der Waals surface area contributed by atoms with E-state index in [1.165, 1.54) is 11.1 Å². The average molecular weight is 424 g/mol. The molecule has 2 heterocycles. The fourth-order valence-electron chi connectivity index (χ4n) is 5.24. The number of amides is 2. The number of piperidine rings is 1. The summed E-state index contributed by atoms with van der Waals surface area (Å²) < 4.78 is 5.54. The summed E-state index contributed by atoms with van der Waals surface area (Å²) >= 11 is 0. The molecular weight excluding hydrogens is 390 g/mol. The van der Waals surface area contributed by atoms with Gasteiger partial charge >= 0.3 is 0 Å². The van der Waals surface area contributed by atoms with Crippen LogP contribution in [0.5, 0.6) is 0 Å². The number of benzene rings is 1. The topological polar surface area (TPSA) is 65.8 Å². The van der Waals surface area contributed by atoms with E-state index in [9.17, 15) is 9.59 Å². The van der Waals surface area contributed by atoms with Crippen molar-refractivity contribution >= 4 is 11.8 Å². The molecule has 1 atom stereocenters. The molecule has 1 fully saturated rings. The van der Waals surface area contributed by atoms with Crippen LogP contribution >= 0.6 is 0 Å². The van der Waals surface area contributed by atoms with Gasteiger partial charge in [-0.1, -0.05) is 24.3 Å². The number of aryl methyl sites for hydroxylation is 1. The lowest BCUT2D eigenvalue weighted by Crippen LogP contribution is -2.44. The van der Waals surface area contributed by atoms with Crippen LogP contribution in [-0.2, 0) is 10.2 Å². The first-order valence-corrected chi connectivity index (χ1v) is 11.2. The number of nitrogens with one attached hydrogen (secondary N) is 1. The lowest BCUT2D eigenvalue weighted by Gasteiger charge is -2.40. The Morgan fingerprint density at radius 3 is 2.58 bits per heavy atom. The number of furan rings is 1. The fourth-order valence-corrected chi connectivity index (χ4v) is 5.24. The van der Waals surface area contributed by atoms with E-state index in [2.05, 4.69) is 34.5 Å². The number of hydrogen-bond acceptors (Lipinski definition) is 4. The molecule has 2 aromatic rings. The summed E-state index contributed by atoms with van der Waals surface area (Å²) in [6.07, 6.45) is 3.36. The molecule has 0 unspecified atom stereocenters. The van der Waals surface area contributed by atoms with Gasteiger partial charge in [0.15, 0.2) is 5.76 Å². The van der Waals surface area contributed by atoms with Crippen molar-refractivity contribution in [2.45, 2.75) is 43.9 Å². The van der Waals surface area contributed by atoms with E-state index in [1.54, 1.807) is 6.07 Å². The predicted molar refractivity (Wildman–Crippen MR) is 120 cm³/mol. The lowest BCUT2D eigenvalue weighted by atomic mass is 9.73. The zero-order valence-electron chi connectivity index (χ0n) is 18.8. The molecular formula is C25H33N3O3. The first kappa shape index (κ1) is 21.6. The molecule has 1 N–H and O–H groups in total. The van der Waals surface area contributed by atoms with Gasteiger partial charge in [0, 0.05) is 32.6 Å². The lowest BCUT2D eigenvalue weighted by molar-refractivity contribution is -0.121. The van der Waals surface area contributed by atoms with Gasteiger partial charge in [-0.2, -0.15) is 0 Å². The number of likely N-dealkylation sites (tertiary alicyclic amines) is 1. The van der Waals surface area contributed by atoms with E-state index in [0.717, 1.165) is 31.6 Å². The number of carbonyl (C=O) groups is 2. The SMILES string of the molecule is Cc1ccc(C(=O)N2CCC3(CC2)C[C@@H](CC(=O)NCCN(C)C)c2ccccc23)o1. The Kier molecular flexibility index (Phi) is 6.19. The molecule has 6 nitrogen and oxygen atoms in total. The molecule has 31 heavy (non-hydrogen) atoms. The average Bonchev–Trinajstić information content (AvgIpc) is 3.30. The molecule has 0 bridgehead atoms. The van der Waals surface area contributed by atoms with Crippen molar-refractivity contribution in [3.05, 3.63) is 59.0 Å². The maximum absolute atomic E-state index is 12.8. The molecule has 2 aliphatic rings. The summed E-state index contributed by atoms with van der Waals surface area (Å²) in [5.74, 6) is 1.52. The highest BCUT2D eigenvalue weighted by molar-refractivity contribution is 5.91. The Hall–Kier alpha value is -2.60. The van der Waals surface area contributed by atoms with E-state index in [0.29, 0.717) is 31.8 Å². The number of hydrogen-bond donors (Lipinski definition) is 1. The highest BCUT2D eigenvalue weighted by Crippen LogP contribution is 2.52. The van der Waals surface area contributed by atoms with Gasteiger partial charge in [-0.25, -0.2) is 0 Å². The van der Waals surface area contributed by atoms with Gasteiger partial charge in [0.1, 0.15) is 5.76 Å². The van der Waals surface area contributed by atoms with E-state index in [-0.39, 0.29) is 23.1 Å². The third-order valence-corrected chi connectivity index (χ3v) is 6.88.